The second kappa shape index (κ2) is 4.64. The summed E-state index contributed by atoms with van der Waals surface area (Å²) in [5.74, 6) is 1.13. The van der Waals surface area contributed by atoms with Crippen LogP contribution in [0, 0.1) is 6.92 Å². The second-order valence-corrected chi connectivity index (χ2v) is 6.79. The van der Waals surface area contributed by atoms with Gasteiger partial charge in [0.1, 0.15) is 5.82 Å². The Labute approximate surface area is 134 Å². The highest BCUT2D eigenvalue weighted by atomic mass is 15.3. The van der Waals surface area contributed by atoms with Gasteiger partial charge in [0, 0.05) is 55.8 Å². The lowest BCUT2D eigenvalue weighted by Crippen LogP contribution is -2.38. The van der Waals surface area contributed by atoms with Gasteiger partial charge in [0.2, 0.25) is 0 Å². The minimum Gasteiger partial charge on any atom is -0.337 e. The lowest BCUT2D eigenvalue weighted by atomic mass is 9.99. The first kappa shape index (κ1) is 13.2. The first-order chi connectivity index (χ1) is 11.2. The van der Waals surface area contributed by atoms with Gasteiger partial charge in [0.15, 0.2) is 5.65 Å². The van der Waals surface area contributed by atoms with Gasteiger partial charge < -0.3 is 4.57 Å². The first-order valence-corrected chi connectivity index (χ1v) is 8.27. The van der Waals surface area contributed by atoms with Crippen LogP contribution in [-0.4, -0.2) is 35.1 Å². The fourth-order valence-corrected chi connectivity index (χ4v) is 4.26. The lowest BCUT2D eigenvalue weighted by Gasteiger charge is -2.35. The molecule has 2 atom stereocenters. The summed E-state index contributed by atoms with van der Waals surface area (Å²) in [6, 6.07) is 3.09. The van der Waals surface area contributed by atoms with Gasteiger partial charge in [0.25, 0.3) is 0 Å². The van der Waals surface area contributed by atoms with E-state index in [2.05, 4.69) is 48.4 Å². The largest absolute Gasteiger partial charge is 0.337 e. The molecule has 6 heteroatoms. The van der Waals surface area contributed by atoms with E-state index in [0.717, 1.165) is 30.1 Å². The third kappa shape index (κ3) is 1.88. The van der Waals surface area contributed by atoms with Gasteiger partial charge in [-0.2, -0.15) is 5.10 Å². The summed E-state index contributed by atoms with van der Waals surface area (Å²) < 4.78 is 4.18. The molecule has 0 saturated carbocycles. The van der Waals surface area contributed by atoms with Gasteiger partial charge in [-0.15, -0.1) is 0 Å². The Bertz CT molecular complexity index is 892. The summed E-state index contributed by atoms with van der Waals surface area (Å²) in [6.45, 7) is 2.94. The van der Waals surface area contributed by atoms with Crippen LogP contribution in [0.25, 0.3) is 5.65 Å². The molecule has 5 rings (SSSR count). The zero-order valence-electron chi connectivity index (χ0n) is 13.5. The number of hydrogen-bond acceptors (Lipinski definition) is 4. The van der Waals surface area contributed by atoms with Crippen LogP contribution in [0.15, 0.2) is 24.7 Å². The molecule has 0 N–H and O–H groups in total. The van der Waals surface area contributed by atoms with Crippen molar-refractivity contribution < 1.29 is 0 Å². The van der Waals surface area contributed by atoms with E-state index >= 15 is 0 Å². The van der Waals surface area contributed by atoms with Crippen molar-refractivity contribution in [1.29, 1.82) is 0 Å². The molecular weight excluding hydrogens is 288 g/mol. The van der Waals surface area contributed by atoms with E-state index in [1.54, 1.807) is 0 Å². The van der Waals surface area contributed by atoms with Crippen molar-refractivity contribution in [3.05, 3.63) is 47.4 Å². The third-order valence-corrected chi connectivity index (χ3v) is 5.41. The van der Waals surface area contributed by atoms with Crippen molar-refractivity contribution in [3.63, 3.8) is 0 Å². The molecule has 0 unspecified atom stereocenters. The van der Waals surface area contributed by atoms with Crippen LogP contribution >= 0.6 is 0 Å². The summed E-state index contributed by atoms with van der Waals surface area (Å²) in [4.78, 5) is 11.7. The molecular formula is C17H20N6. The quantitative estimate of drug-likeness (QED) is 0.727. The van der Waals surface area contributed by atoms with E-state index < -0.39 is 0 Å². The minimum absolute atomic E-state index is 0.446. The average molecular weight is 308 g/mol. The van der Waals surface area contributed by atoms with E-state index in [1.807, 2.05) is 19.3 Å². The number of imidazole rings is 1. The number of nitrogens with zero attached hydrogens (tertiary/aromatic N) is 6. The molecule has 3 aromatic rings. The Morgan fingerprint density at radius 3 is 3.00 bits per heavy atom. The monoisotopic (exact) mass is 308 g/mol. The fourth-order valence-electron chi connectivity index (χ4n) is 4.26. The molecule has 118 valence electrons. The first-order valence-electron chi connectivity index (χ1n) is 8.27. The van der Waals surface area contributed by atoms with Gasteiger partial charge in [-0.1, -0.05) is 0 Å². The predicted octanol–water partition coefficient (Wildman–Crippen LogP) is 2.03. The van der Waals surface area contributed by atoms with E-state index in [1.165, 1.54) is 24.1 Å². The molecule has 0 spiro atoms. The molecule has 2 bridgehead atoms. The number of fused-ring (bicyclic) bond motifs is 6. The predicted molar refractivity (Wildman–Crippen MR) is 85.9 cm³/mol. The van der Waals surface area contributed by atoms with Crippen LogP contribution in [-0.2, 0) is 20.0 Å². The molecule has 23 heavy (non-hydrogen) atoms. The van der Waals surface area contributed by atoms with Crippen LogP contribution in [0.3, 0.4) is 0 Å². The average Bonchev–Trinajstić information content (AvgIpc) is 3.18. The maximum atomic E-state index is 4.66. The van der Waals surface area contributed by atoms with Crippen LogP contribution < -0.4 is 0 Å². The maximum absolute atomic E-state index is 4.66. The molecule has 2 aliphatic heterocycles. The molecule has 1 saturated heterocycles. The Morgan fingerprint density at radius 2 is 2.17 bits per heavy atom. The van der Waals surface area contributed by atoms with Crippen molar-refractivity contribution in [3.8, 4) is 0 Å². The molecule has 2 aliphatic rings. The highest BCUT2D eigenvalue weighted by Crippen LogP contribution is 2.44. The normalized spacial score (nSPS) is 23.6. The minimum atomic E-state index is 0.446. The second-order valence-electron chi connectivity index (χ2n) is 6.79. The summed E-state index contributed by atoms with van der Waals surface area (Å²) >= 11 is 0. The van der Waals surface area contributed by atoms with Gasteiger partial charge in [-0.25, -0.2) is 14.5 Å². The van der Waals surface area contributed by atoms with E-state index in [-0.39, 0.29) is 0 Å². The number of aromatic nitrogens is 5. The van der Waals surface area contributed by atoms with Gasteiger partial charge in [0.05, 0.1) is 17.9 Å². The Hall–Kier alpha value is -2.21. The van der Waals surface area contributed by atoms with Gasteiger partial charge in [-0.3, -0.25) is 4.90 Å². The Balaban J connectivity index is 1.57. The third-order valence-electron chi connectivity index (χ3n) is 5.41. The molecule has 0 aliphatic carbocycles. The number of rotatable bonds is 2. The van der Waals surface area contributed by atoms with Crippen molar-refractivity contribution in [2.24, 2.45) is 7.05 Å². The molecule has 1 fully saturated rings. The Morgan fingerprint density at radius 1 is 1.26 bits per heavy atom. The van der Waals surface area contributed by atoms with Crippen LogP contribution in [0.4, 0.5) is 0 Å². The van der Waals surface area contributed by atoms with Crippen molar-refractivity contribution in [2.45, 2.75) is 44.8 Å². The highest BCUT2D eigenvalue weighted by molar-refractivity contribution is 5.44. The van der Waals surface area contributed by atoms with Crippen molar-refractivity contribution in [1.82, 2.24) is 29.0 Å². The molecule has 3 aromatic heterocycles. The van der Waals surface area contributed by atoms with Crippen LogP contribution in [0.2, 0.25) is 0 Å². The molecule has 6 nitrogen and oxygen atoms in total. The molecule has 0 aromatic carbocycles. The molecule has 5 heterocycles. The molecule has 0 amide bonds. The smallest absolute Gasteiger partial charge is 0.155 e. The fraction of sp³-hybridized carbons (Fsp3) is 0.471. The van der Waals surface area contributed by atoms with Gasteiger partial charge in [-0.05, 0) is 19.8 Å². The van der Waals surface area contributed by atoms with E-state index in [9.17, 15) is 0 Å². The Kier molecular flexibility index (Phi) is 2.68. The number of hydrogen-bond donors (Lipinski definition) is 0. The highest BCUT2D eigenvalue weighted by Gasteiger charge is 2.41. The summed E-state index contributed by atoms with van der Waals surface area (Å²) in [6.07, 6.45) is 9.47. The van der Waals surface area contributed by atoms with Crippen molar-refractivity contribution >= 4 is 5.65 Å². The summed E-state index contributed by atoms with van der Waals surface area (Å²) in [5, 5.41) is 4.66. The van der Waals surface area contributed by atoms with E-state index in [4.69, 9.17) is 0 Å². The van der Waals surface area contributed by atoms with Crippen LogP contribution in [0.1, 0.15) is 41.7 Å². The summed E-state index contributed by atoms with van der Waals surface area (Å²) in [7, 11) is 2.07. The topological polar surface area (TPSA) is 51.2 Å². The van der Waals surface area contributed by atoms with E-state index in [0.29, 0.717) is 12.1 Å². The summed E-state index contributed by atoms with van der Waals surface area (Å²) in [5.41, 5.74) is 4.71. The number of aryl methyl sites for hydroxylation is 2. The zero-order valence-corrected chi connectivity index (χ0v) is 13.5. The van der Waals surface area contributed by atoms with Crippen molar-refractivity contribution in [2.75, 3.05) is 0 Å². The van der Waals surface area contributed by atoms with Gasteiger partial charge >= 0.3 is 0 Å². The maximum Gasteiger partial charge on any atom is 0.155 e. The zero-order chi connectivity index (χ0) is 15.6. The lowest BCUT2D eigenvalue weighted by molar-refractivity contribution is 0.159. The SMILES string of the molecule is Cc1cc2ncc3c(n2n1)C[C@@H]1CC[C@@H]3N1Cc1nccn1C. The molecule has 0 radical (unpaired) electrons. The van der Waals surface area contributed by atoms with Crippen LogP contribution in [0.5, 0.6) is 0 Å². The standard InChI is InChI=1S/C17H20N6/c1-11-7-16-19-9-13-14-4-3-12(8-15(13)23(16)20-11)22(14)10-17-18-5-6-21(17)2/h5-7,9,12,14H,3-4,8,10H2,1-2H3/t12-,14-/m0/s1.